The summed E-state index contributed by atoms with van der Waals surface area (Å²) in [6, 6.07) is 17.2. The second kappa shape index (κ2) is 11.4. The lowest BCUT2D eigenvalue weighted by Crippen LogP contribution is -2.42. The highest BCUT2D eigenvalue weighted by molar-refractivity contribution is 7.98. The zero-order valence-electron chi connectivity index (χ0n) is 21.3. The number of nitrogens with zero attached hydrogens (tertiary/aromatic N) is 2. The Bertz CT molecular complexity index is 1270. The first-order valence-electron chi connectivity index (χ1n) is 12.0. The molecule has 36 heavy (non-hydrogen) atoms. The van der Waals surface area contributed by atoms with E-state index in [0.29, 0.717) is 37.5 Å². The van der Waals surface area contributed by atoms with Gasteiger partial charge in [0.2, 0.25) is 0 Å². The quantitative estimate of drug-likeness (QED) is 0.332. The smallest absolute Gasteiger partial charge is 0.184 e. The Labute approximate surface area is 218 Å². The van der Waals surface area contributed by atoms with Crippen LogP contribution in [0.15, 0.2) is 64.5 Å². The minimum atomic E-state index is -3.55. The molecule has 2 unspecified atom stereocenters. The first-order valence-corrected chi connectivity index (χ1v) is 14.5. The molecule has 3 aromatic rings. The molecule has 0 N–H and O–H groups in total. The SMILES string of the molecule is COCCn1nc(SCc2ccc(OC)cc2)cc1C1CC(C)(S(=O)(=O)c2cccc(C)c2)CCO1. The minimum absolute atomic E-state index is 0.366. The molecule has 0 bridgehead atoms. The number of ether oxygens (including phenoxy) is 3. The van der Waals surface area contributed by atoms with Gasteiger partial charge in [0.15, 0.2) is 9.84 Å². The van der Waals surface area contributed by atoms with Crippen LogP contribution in [0.4, 0.5) is 0 Å². The van der Waals surface area contributed by atoms with Crippen molar-refractivity contribution in [2.24, 2.45) is 0 Å². The first-order chi connectivity index (χ1) is 17.3. The Morgan fingerprint density at radius 3 is 2.64 bits per heavy atom. The van der Waals surface area contributed by atoms with Gasteiger partial charge in [-0.15, -0.1) is 0 Å². The summed E-state index contributed by atoms with van der Waals surface area (Å²) >= 11 is 1.64. The lowest BCUT2D eigenvalue weighted by atomic mass is 9.95. The summed E-state index contributed by atoms with van der Waals surface area (Å²) in [4.78, 5) is 0.370. The number of thioether (sulfide) groups is 1. The van der Waals surface area contributed by atoms with Crippen LogP contribution in [0, 0.1) is 6.92 Å². The molecule has 9 heteroatoms. The molecule has 2 atom stereocenters. The van der Waals surface area contributed by atoms with Gasteiger partial charge in [-0.2, -0.15) is 5.10 Å². The van der Waals surface area contributed by atoms with Crippen molar-refractivity contribution in [2.75, 3.05) is 27.4 Å². The van der Waals surface area contributed by atoms with Gasteiger partial charge in [-0.05, 0) is 68.1 Å². The van der Waals surface area contributed by atoms with Crippen LogP contribution in [0.3, 0.4) is 0 Å². The van der Waals surface area contributed by atoms with E-state index in [1.54, 1.807) is 44.2 Å². The van der Waals surface area contributed by atoms with E-state index in [4.69, 9.17) is 19.3 Å². The monoisotopic (exact) mass is 530 g/mol. The summed E-state index contributed by atoms with van der Waals surface area (Å²) in [5.74, 6) is 1.59. The molecule has 2 aromatic carbocycles. The van der Waals surface area contributed by atoms with Crippen LogP contribution in [0.2, 0.25) is 0 Å². The fourth-order valence-corrected chi connectivity index (χ4v) is 7.20. The Morgan fingerprint density at radius 2 is 1.94 bits per heavy atom. The van der Waals surface area contributed by atoms with Gasteiger partial charge in [-0.1, -0.05) is 36.0 Å². The number of benzene rings is 2. The van der Waals surface area contributed by atoms with E-state index in [1.807, 2.05) is 54.9 Å². The second-order valence-electron chi connectivity index (χ2n) is 9.34. The van der Waals surface area contributed by atoms with E-state index in [-0.39, 0.29) is 6.10 Å². The highest BCUT2D eigenvalue weighted by atomic mass is 32.2. The summed E-state index contributed by atoms with van der Waals surface area (Å²) in [5, 5.41) is 5.67. The molecule has 0 saturated carbocycles. The van der Waals surface area contributed by atoms with Crippen molar-refractivity contribution in [2.45, 2.75) is 59.8 Å². The molecule has 4 rings (SSSR count). The van der Waals surface area contributed by atoms with E-state index in [9.17, 15) is 8.42 Å². The maximum atomic E-state index is 13.7. The fourth-order valence-electron chi connectivity index (χ4n) is 4.44. The van der Waals surface area contributed by atoms with Crippen molar-refractivity contribution >= 4 is 21.6 Å². The molecule has 0 amide bonds. The molecule has 1 aliphatic rings. The van der Waals surface area contributed by atoms with Gasteiger partial charge in [-0.3, -0.25) is 4.68 Å². The molecule has 1 aliphatic heterocycles. The molecule has 0 spiro atoms. The van der Waals surface area contributed by atoms with Crippen molar-refractivity contribution in [1.29, 1.82) is 0 Å². The van der Waals surface area contributed by atoms with Gasteiger partial charge in [0.1, 0.15) is 16.9 Å². The predicted octanol–water partition coefficient (Wildman–Crippen LogP) is 5.22. The highest BCUT2D eigenvalue weighted by Gasteiger charge is 2.45. The normalized spacial score (nSPS) is 20.4. The maximum Gasteiger partial charge on any atom is 0.184 e. The van der Waals surface area contributed by atoms with Crippen LogP contribution in [0.5, 0.6) is 5.75 Å². The number of aryl methyl sites for hydroxylation is 1. The molecule has 1 fully saturated rings. The van der Waals surface area contributed by atoms with Gasteiger partial charge in [0.25, 0.3) is 0 Å². The maximum absolute atomic E-state index is 13.7. The predicted molar refractivity (Wildman–Crippen MR) is 141 cm³/mol. The standard InChI is InChI=1S/C27H34N2O5S2/c1-20-6-5-7-23(16-20)36(30,31)27(2)12-14-34-25(18-27)24-17-26(28-29(24)13-15-32-3)35-19-21-8-10-22(33-4)11-9-21/h5-11,16-17,25H,12-15,18-19H2,1-4H3. The summed E-state index contributed by atoms with van der Waals surface area (Å²) < 4.78 is 45.0. The van der Waals surface area contributed by atoms with Crippen LogP contribution in [0.1, 0.15) is 42.7 Å². The molecule has 194 valence electrons. The van der Waals surface area contributed by atoms with E-state index in [1.165, 1.54) is 5.56 Å². The molecule has 2 heterocycles. The second-order valence-corrected chi connectivity index (χ2v) is 12.8. The third-order valence-electron chi connectivity index (χ3n) is 6.69. The molecular formula is C27H34N2O5S2. The van der Waals surface area contributed by atoms with Crippen molar-refractivity contribution in [3.8, 4) is 5.75 Å². The van der Waals surface area contributed by atoms with Crippen LogP contribution in [-0.4, -0.2) is 50.4 Å². The number of sulfone groups is 1. The summed E-state index contributed by atoms with van der Waals surface area (Å²) in [5.41, 5.74) is 2.98. The Morgan fingerprint density at radius 1 is 1.17 bits per heavy atom. The number of rotatable bonds is 10. The van der Waals surface area contributed by atoms with Gasteiger partial charge in [0, 0.05) is 19.5 Å². The van der Waals surface area contributed by atoms with Gasteiger partial charge in [0.05, 0.1) is 35.6 Å². The van der Waals surface area contributed by atoms with E-state index in [0.717, 1.165) is 27.8 Å². The Balaban J connectivity index is 1.56. The third kappa shape index (κ3) is 5.80. The summed E-state index contributed by atoms with van der Waals surface area (Å²) in [6.45, 7) is 5.19. The topological polar surface area (TPSA) is 79.7 Å². The van der Waals surface area contributed by atoms with Crippen molar-refractivity contribution in [1.82, 2.24) is 9.78 Å². The number of hydrogen-bond acceptors (Lipinski definition) is 7. The minimum Gasteiger partial charge on any atom is -0.497 e. The van der Waals surface area contributed by atoms with Gasteiger partial charge in [-0.25, -0.2) is 8.42 Å². The lowest BCUT2D eigenvalue weighted by molar-refractivity contribution is -0.00538. The molecule has 0 radical (unpaired) electrons. The van der Waals surface area contributed by atoms with Crippen LogP contribution >= 0.6 is 11.8 Å². The number of aromatic nitrogens is 2. The first kappa shape index (κ1) is 26.7. The van der Waals surface area contributed by atoms with E-state index < -0.39 is 14.6 Å². The third-order valence-corrected chi connectivity index (χ3v) is 10.2. The van der Waals surface area contributed by atoms with E-state index in [2.05, 4.69) is 0 Å². The zero-order chi connectivity index (χ0) is 25.8. The fraction of sp³-hybridized carbons (Fsp3) is 0.444. The van der Waals surface area contributed by atoms with Crippen LogP contribution < -0.4 is 4.74 Å². The summed E-state index contributed by atoms with van der Waals surface area (Å²) in [7, 11) is -0.237. The van der Waals surface area contributed by atoms with E-state index >= 15 is 0 Å². The molecule has 7 nitrogen and oxygen atoms in total. The molecule has 1 aromatic heterocycles. The Kier molecular flexibility index (Phi) is 8.44. The average molecular weight is 531 g/mol. The van der Waals surface area contributed by atoms with Crippen molar-refractivity contribution < 1.29 is 22.6 Å². The van der Waals surface area contributed by atoms with Crippen molar-refractivity contribution in [3.05, 3.63) is 71.4 Å². The van der Waals surface area contributed by atoms with Crippen LogP contribution in [-0.2, 0) is 31.6 Å². The number of hydrogen-bond donors (Lipinski definition) is 0. The molecular weight excluding hydrogens is 496 g/mol. The lowest BCUT2D eigenvalue weighted by Gasteiger charge is -2.37. The van der Waals surface area contributed by atoms with Crippen molar-refractivity contribution in [3.63, 3.8) is 0 Å². The van der Waals surface area contributed by atoms with Gasteiger partial charge < -0.3 is 14.2 Å². The summed E-state index contributed by atoms with van der Waals surface area (Å²) in [6.07, 6.45) is 0.443. The number of methoxy groups -OCH3 is 2. The van der Waals surface area contributed by atoms with Gasteiger partial charge >= 0.3 is 0 Å². The molecule has 0 aliphatic carbocycles. The molecule has 1 saturated heterocycles. The average Bonchev–Trinajstić information content (AvgIpc) is 3.29. The Hall–Kier alpha value is -2.33. The zero-order valence-corrected chi connectivity index (χ0v) is 22.9. The largest absolute Gasteiger partial charge is 0.497 e. The highest BCUT2D eigenvalue weighted by Crippen LogP contribution is 2.42. The van der Waals surface area contributed by atoms with Crippen LogP contribution in [0.25, 0.3) is 0 Å².